The fourth-order valence-electron chi connectivity index (χ4n) is 3.38. The monoisotopic (exact) mass is 295 g/mol. The summed E-state index contributed by atoms with van der Waals surface area (Å²) in [5.41, 5.74) is 0. The maximum absolute atomic E-state index is 12.2. The molecule has 2 amide bonds. The molecule has 2 rings (SSSR count). The Bertz CT molecular complexity index is 384. The minimum Gasteiger partial charge on any atom is -0.355 e. The van der Waals surface area contributed by atoms with Crippen molar-refractivity contribution in [3.8, 4) is 0 Å². The molecule has 2 aliphatic rings. The second kappa shape index (κ2) is 7.25. The predicted molar refractivity (Wildman–Crippen MR) is 82.8 cm³/mol. The van der Waals surface area contributed by atoms with Gasteiger partial charge in [0, 0.05) is 38.6 Å². The Morgan fingerprint density at radius 3 is 2.76 bits per heavy atom. The van der Waals surface area contributed by atoms with Crippen LogP contribution in [0.2, 0.25) is 0 Å². The van der Waals surface area contributed by atoms with Gasteiger partial charge in [0.2, 0.25) is 11.8 Å². The number of piperidine rings is 1. The van der Waals surface area contributed by atoms with Gasteiger partial charge in [0.05, 0.1) is 5.92 Å². The maximum Gasteiger partial charge on any atom is 0.225 e. The average molecular weight is 295 g/mol. The largest absolute Gasteiger partial charge is 0.355 e. The molecule has 0 aromatic heterocycles. The van der Waals surface area contributed by atoms with Gasteiger partial charge < -0.3 is 15.1 Å². The number of hydrogen-bond donors (Lipinski definition) is 1. The van der Waals surface area contributed by atoms with Crippen LogP contribution in [0.1, 0.15) is 40.0 Å². The number of rotatable bonds is 5. The summed E-state index contributed by atoms with van der Waals surface area (Å²) in [7, 11) is 0. The zero-order valence-electron chi connectivity index (χ0n) is 13.6. The van der Waals surface area contributed by atoms with Crippen LogP contribution in [0, 0.1) is 11.8 Å². The fourth-order valence-corrected chi connectivity index (χ4v) is 3.38. The Morgan fingerprint density at radius 1 is 1.38 bits per heavy atom. The van der Waals surface area contributed by atoms with Gasteiger partial charge in [0.15, 0.2) is 0 Å². The Hall–Kier alpha value is -1.10. The highest BCUT2D eigenvalue weighted by molar-refractivity contribution is 5.89. The number of hydrogen-bond acceptors (Lipinski definition) is 3. The van der Waals surface area contributed by atoms with Crippen molar-refractivity contribution in [2.75, 3.05) is 32.7 Å². The topological polar surface area (TPSA) is 52.7 Å². The summed E-state index contributed by atoms with van der Waals surface area (Å²) < 4.78 is 0. The van der Waals surface area contributed by atoms with E-state index in [1.807, 2.05) is 13.8 Å². The van der Waals surface area contributed by atoms with Crippen LogP contribution < -0.4 is 5.32 Å². The van der Waals surface area contributed by atoms with Crippen molar-refractivity contribution >= 4 is 11.8 Å². The number of nitrogens with zero attached hydrogens (tertiary/aromatic N) is 2. The van der Waals surface area contributed by atoms with Crippen LogP contribution in [-0.4, -0.2) is 60.4 Å². The Balaban J connectivity index is 1.69. The highest BCUT2D eigenvalue weighted by atomic mass is 16.2. The first-order chi connectivity index (χ1) is 9.97. The summed E-state index contributed by atoms with van der Waals surface area (Å²) >= 11 is 0. The third kappa shape index (κ3) is 4.43. The van der Waals surface area contributed by atoms with Crippen molar-refractivity contribution < 1.29 is 9.59 Å². The number of carbonyl (C=O) groups excluding carboxylic acids is 2. The summed E-state index contributed by atoms with van der Waals surface area (Å²) in [6, 6.07) is 0.185. The molecule has 2 aliphatic heterocycles. The molecule has 2 saturated heterocycles. The molecule has 1 N–H and O–H groups in total. The van der Waals surface area contributed by atoms with E-state index in [1.54, 1.807) is 4.90 Å². The number of nitrogens with one attached hydrogen (secondary N) is 1. The molecule has 120 valence electrons. The van der Waals surface area contributed by atoms with Gasteiger partial charge >= 0.3 is 0 Å². The molecule has 0 saturated carbocycles. The molecule has 0 aromatic carbocycles. The predicted octanol–water partition coefficient (Wildman–Crippen LogP) is 1.09. The van der Waals surface area contributed by atoms with Crippen LogP contribution in [0.25, 0.3) is 0 Å². The molecule has 2 heterocycles. The van der Waals surface area contributed by atoms with Crippen LogP contribution in [0.5, 0.6) is 0 Å². The standard InChI is InChI=1S/C16H29N3O2/c1-12(2)19-11-14(9-15(19)20)16(21)17-6-8-18-7-4-5-13(3)10-18/h12-14H,4-11H2,1-3H3,(H,17,21)/t13-,14-/m0/s1. The van der Waals surface area contributed by atoms with E-state index in [0.717, 1.165) is 25.6 Å². The summed E-state index contributed by atoms with van der Waals surface area (Å²) in [4.78, 5) is 28.2. The van der Waals surface area contributed by atoms with E-state index in [4.69, 9.17) is 0 Å². The van der Waals surface area contributed by atoms with Crippen molar-refractivity contribution in [3.63, 3.8) is 0 Å². The third-order valence-corrected chi connectivity index (χ3v) is 4.62. The lowest BCUT2D eigenvalue weighted by molar-refractivity contribution is -0.129. The van der Waals surface area contributed by atoms with E-state index in [-0.39, 0.29) is 23.8 Å². The van der Waals surface area contributed by atoms with Gasteiger partial charge in [-0.15, -0.1) is 0 Å². The molecular formula is C16H29N3O2. The van der Waals surface area contributed by atoms with Crippen LogP contribution in [0.3, 0.4) is 0 Å². The Kier molecular flexibility index (Phi) is 5.62. The van der Waals surface area contributed by atoms with Crippen molar-refractivity contribution in [1.29, 1.82) is 0 Å². The van der Waals surface area contributed by atoms with Gasteiger partial charge in [-0.3, -0.25) is 9.59 Å². The van der Waals surface area contributed by atoms with Crippen LogP contribution in [0.15, 0.2) is 0 Å². The molecule has 0 spiro atoms. The van der Waals surface area contributed by atoms with Crippen molar-refractivity contribution in [3.05, 3.63) is 0 Å². The van der Waals surface area contributed by atoms with Crippen LogP contribution in [0.4, 0.5) is 0 Å². The zero-order chi connectivity index (χ0) is 15.4. The van der Waals surface area contributed by atoms with Gasteiger partial charge in [0.25, 0.3) is 0 Å². The van der Waals surface area contributed by atoms with E-state index in [9.17, 15) is 9.59 Å². The van der Waals surface area contributed by atoms with Gasteiger partial charge in [0.1, 0.15) is 0 Å². The van der Waals surface area contributed by atoms with E-state index in [1.165, 1.54) is 12.8 Å². The first-order valence-electron chi connectivity index (χ1n) is 8.27. The van der Waals surface area contributed by atoms with Crippen molar-refractivity contribution in [2.45, 2.75) is 46.1 Å². The molecule has 0 unspecified atom stereocenters. The molecule has 0 radical (unpaired) electrons. The van der Waals surface area contributed by atoms with Gasteiger partial charge in [-0.05, 0) is 39.2 Å². The molecule has 0 bridgehead atoms. The Morgan fingerprint density at radius 2 is 2.14 bits per heavy atom. The van der Waals surface area contributed by atoms with Crippen LogP contribution >= 0.6 is 0 Å². The first kappa shape index (κ1) is 16.3. The van der Waals surface area contributed by atoms with Crippen LogP contribution in [-0.2, 0) is 9.59 Å². The summed E-state index contributed by atoms with van der Waals surface area (Å²) in [5.74, 6) is 0.744. The van der Waals surface area contributed by atoms with E-state index in [0.29, 0.717) is 19.5 Å². The van der Waals surface area contributed by atoms with E-state index in [2.05, 4.69) is 17.1 Å². The molecule has 0 aromatic rings. The molecule has 2 atom stereocenters. The highest BCUT2D eigenvalue weighted by Crippen LogP contribution is 2.20. The second-order valence-electron chi connectivity index (χ2n) is 6.88. The smallest absolute Gasteiger partial charge is 0.225 e. The number of amides is 2. The summed E-state index contributed by atoms with van der Waals surface area (Å²) in [5, 5.41) is 3.01. The number of carbonyl (C=O) groups is 2. The quantitative estimate of drug-likeness (QED) is 0.826. The van der Waals surface area contributed by atoms with Gasteiger partial charge in [-0.25, -0.2) is 0 Å². The van der Waals surface area contributed by atoms with E-state index >= 15 is 0 Å². The van der Waals surface area contributed by atoms with Gasteiger partial charge in [-0.2, -0.15) is 0 Å². The number of likely N-dealkylation sites (tertiary alicyclic amines) is 2. The lowest BCUT2D eigenvalue weighted by Gasteiger charge is -2.30. The highest BCUT2D eigenvalue weighted by Gasteiger charge is 2.35. The lowest BCUT2D eigenvalue weighted by Crippen LogP contribution is -2.42. The zero-order valence-corrected chi connectivity index (χ0v) is 13.6. The van der Waals surface area contributed by atoms with Crippen molar-refractivity contribution in [2.24, 2.45) is 11.8 Å². The SMILES string of the molecule is CC(C)N1C[C@@H](C(=O)NCCN2CCC[C@H](C)C2)CC1=O. The summed E-state index contributed by atoms with van der Waals surface area (Å²) in [6.07, 6.45) is 2.94. The second-order valence-corrected chi connectivity index (χ2v) is 6.88. The van der Waals surface area contributed by atoms with Crippen molar-refractivity contribution in [1.82, 2.24) is 15.1 Å². The molecule has 5 nitrogen and oxygen atoms in total. The average Bonchev–Trinajstić information content (AvgIpc) is 2.81. The fraction of sp³-hybridized carbons (Fsp3) is 0.875. The van der Waals surface area contributed by atoms with E-state index < -0.39 is 0 Å². The summed E-state index contributed by atoms with van der Waals surface area (Å²) in [6.45, 7) is 10.7. The third-order valence-electron chi connectivity index (χ3n) is 4.62. The normalized spacial score (nSPS) is 27.4. The maximum atomic E-state index is 12.2. The minimum atomic E-state index is -0.167. The molecule has 2 fully saturated rings. The minimum absolute atomic E-state index is 0.0385. The Labute approximate surface area is 128 Å². The lowest BCUT2D eigenvalue weighted by atomic mass is 10.0. The molecule has 0 aliphatic carbocycles. The molecule has 21 heavy (non-hydrogen) atoms. The molecular weight excluding hydrogens is 266 g/mol. The molecule has 5 heteroatoms. The first-order valence-corrected chi connectivity index (χ1v) is 8.27. The van der Waals surface area contributed by atoms with Gasteiger partial charge in [-0.1, -0.05) is 6.92 Å².